The van der Waals surface area contributed by atoms with Crippen molar-refractivity contribution in [2.45, 2.75) is 6.42 Å². The van der Waals surface area contributed by atoms with Gasteiger partial charge in [0.15, 0.2) is 0 Å². The molecule has 0 bridgehead atoms. The van der Waals surface area contributed by atoms with Crippen molar-refractivity contribution < 1.29 is 9.13 Å². The van der Waals surface area contributed by atoms with Crippen LogP contribution in [-0.2, 0) is 4.74 Å². The van der Waals surface area contributed by atoms with Crippen LogP contribution in [0.1, 0.15) is 6.42 Å². The van der Waals surface area contributed by atoms with Gasteiger partial charge in [-0.15, -0.1) is 0 Å². The smallest absolute Gasteiger partial charge is 0.218 e. The predicted octanol–water partition coefficient (Wildman–Crippen LogP) is 1.09. The summed E-state index contributed by atoms with van der Waals surface area (Å²) in [5.41, 5.74) is 0. The third kappa shape index (κ3) is 3.26. The van der Waals surface area contributed by atoms with Crippen LogP contribution >= 0.6 is 0 Å². The van der Waals surface area contributed by atoms with Gasteiger partial charge < -0.3 is 9.64 Å². The highest BCUT2D eigenvalue weighted by Gasteiger charge is 2.03. The van der Waals surface area contributed by atoms with E-state index in [0.717, 1.165) is 13.0 Å². The van der Waals surface area contributed by atoms with E-state index in [4.69, 9.17) is 4.74 Å². The predicted molar refractivity (Wildman–Crippen MR) is 51.8 cm³/mol. The van der Waals surface area contributed by atoms with E-state index in [-0.39, 0.29) is 0 Å². The lowest BCUT2D eigenvalue weighted by Crippen LogP contribution is -2.21. The van der Waals surface area contributed by atoms with Crippen molar-refractivity contribution in [3.63, 3.8) is 0 Å². The summed E-state index contributed by atoms with van der Waals surface area (Å²) in [7, 11) is 3.52. The molecule has 0 aliphatic rings. The highest BCUT2D eigenvalue weighted by atomic mass is 19.1. The molecule has 0 spiro atoms. The monoisotopic (exact) mass is 199 g/mol. The first kappa shape index (κ1) is 10.8. The number of anilines is 1. The molecular formula is C9H14FN3O. The molecule has 0 N–H and O–H groups in total. The molecule has 5 heteroatoms. The van der Waals surface area contributed by atoms with Crippen LogP contribution in [0.25, 0.3) is 0 Å². The van der Waals surface area contributed by atoms with Crippen LogP contribution in [0, 0.1) is 5.95 Å². The molecule has 0 atom stereocenters. The van der Waals surface area contributed by atoms with Gasteiger partial charge in [-0.1, -0.05) is 0 Å². The summed E-state index contributed by atoms with van der Waals surface area (Å²) < 4.78 is 17.6. The van der Waals surface area contributed by atoms with Crippen molar-refractivity contribution in [1.82, 2.24) is 9.97 Å². The third-order valence-corrected chi connectivity index (χ3v) is 1.85. The molecule has 0 saturated carbocycles. The zero-order valence-electron chi connectivity index (χ0n) is 8.40. The highest BCUT2D eigenvalue weighted by molar-refractivity contribution is 5.35. The largest absolute Gasteiger partial charge is 0.385 e. The molecular weight excluding hydrogens is 185 g/mol. The molecule has 0 aromatic carbocycles. The summed E-state index contributed by atoms with van der Waals surface area (Å²) in [5.74, 6) is 0.0854. The van der Waals surface area contributed by atoms with Crippen molar-refractivity contribution in [2.75, 3.05) is 32.2 Å². The first-order chi connectivity index (χ1) is 6.74. The summed E-state index contributed by atoms with van der Waals surface area (Å²) in [6, 6.07) is 1.31. The fourth-order valence-corrected chi connectivity index (χ4v) is 1.09. The Labute approximate surface area is 82.7 Å². The third-order valence-electron chi connectivity index (χ3n) is 1.85. The molecule has 1 aromatic rings. The number of halogens is 1. The molecule has 0 aliphatic carbocycles. The van der Waals surface area contributed by atoms with Gasteiger partial charge in [-0.25, -0.2) is 9.97 Å². The Morgan fingerprint density at radius 1 is 1.50 bits per heavy atom. The van der Waals surface area contributed by atoms with Crippen LogP contribution in [0.5, 0.6) is 0 Å². The molecule has 0 fully saturated rings. The zero-order chi connectivity index (χ0) is 10.4. The van der Waals surface area contributed by atoms with E-state index in [1.54, 1.807) is 7.11 Å². The maximum Gasteiger partial charge on any atom is 0.218 e. The molecule has 14 heavy (non-hydrogen) atoms. The van der Waals surface area contributed by atoms with Crippen LogP contribution in [-0.4, -0.2) is 37.3 Å². The summed E-state index contributed by atoms with van der Waals surface area (Å²) in [6.07, 6.45) is 2.11. The zero-order valence-corrected chi connectivity index (χ0v) is 8.40. The lowest BCUT2D eigenvalue weighted by molar-refractivity contribution is 0.196. The summed E-state index contributed by atoms with van der Waals surface area (Å²) in [6.45, 7) is 1.47. The van der Waals surface area contributed by atoms with E-state index >= 15 is 0 Å². The number of methoxy groups -OCH3 is 1. The topological polar surface area (TPSA) is 38.2 Å². The molecule has 0 amide bonds. The van der Waals surface area contributed by atoms with Gasteiger partial charge in [0.05, 0.1) is 0 Å². The van der Waals surface area contributed by atoms with Gasteiger partial charge in [-0.2, -0.15) is 4.39 Å². The molecule has 0 saturated heterocycles. The van der Waals surface area contributed by atoms with E-state index in [1.807, 2.05) is 11.9 Å². The van der Waals surface area contributed by atoms with Crippen LogP contribution < -0.4 is 4.90 Å². The summed E-state index contributed by atoms with van der Waals surface area (Å²) in [5, 5.41) is 0. The fraction of sp³-hybridized carbons (Fsp3) is 0.556. The quantitative estimate of drug-likeness (QED) is 0.525. The van der Waals surface area contributed by atoms with Gasteiger partial charge in [-0.05, 0) is 6.42 Å². The highest BCUT2D eigenvalue weighted by Crippen LogP contribution is 2.07. The van der Waals surface area contributed by atoms with E-state index < -0.39 is 5.95 Å². The van der Waals surface area contributed by atoms with Crippen LogP contribution in [0.2, 0.25) is 0 Å². The second-order valence-electron chi connectivity index (χ2n) is 2.97. The van der Waals surface area contributed by atoms with Gasteiger partial charge in [-0.3, -0.25) is 0 Å². The second-order valence-corrected chi connectivity index (χ2v) is 2.97. The van der Waals surface area contributed by atoms with Crippen LogP contribution in [0.3, 0.4) is 0 Å². The minimum absolute atomic E-state index is 0.506. The van der Waals surface area contributed by atoms with Crippen molar-refractivity contribution >= 4 is 5.82 Å². The number of nitrogens with zero attached hydrogens (tertiary/aromatic N) is 3. The van der Waals surface area contributed by atoms with E-state index in [0.29, 0.717) is 12.4 Å². The standard InChI is InChI=1S/C9H14FN3O/c1-13(4-3-5-14-2)9-6-8(10)11-7-12-9/h6-7H,3-5H2,1-2H3. The molecule has 4 nitrogen and oxygen atoms in total. The van der Waals surface area contributed by atoms with Crippen molar-refractivity contribution in [3.05, 3.63) is 18.3 Å². The number of aromatic nitrogens is 2. The number of ether oxygens (including phenoxy) is 1. The van der Waals surface area contributed by atoms with Crippen molar-refractivity contribution in [2.24, 2.45) is 0 Å². The maximum atomic E-state index is 12.7. The van der Waals surface area contributed by atoms with Gasteiger partial charge in [0.2, 0.25) is 5.95 Å². The molecule has 0 radical (unpaired) electrons. The Hall–Kier alpha value is -1.23. The molecule has 0 unspecified atom stereocenters. The van der Waals surface area contributed by atoms with Gasteiger partial charge in [0.1, 0.15) is 12.1 Å². The van der Waals surface area contributed by atoms with E-state index in [1.165, 1.54) is 12.4 Å². The Morgan fingerprint density at radius 3 is 2.93 bits per heavy atom. The average Bonchev–Trinajstić information content (AvgIpc) is 2.18. The summed E-state index contributed by atoms with van der Waals surface area (Å²) in [4.78, 5) is 9.21. The molecule has 0 aliphatic heterocycles. The lowest BCUT2D eigenvalue weighted by atomic mass is 10.4. The number of rotatable bonds is 5. The van der Waals surface area contributed by atoms with Gasteiger partial charge in [0.25, 0.3) is 0 Å². The van der Waals surface area contributed by atoms with Gasteiger partial charge in [0, 0.05) is 33.4 Å². The Balaban J connectivity index is 2.47. The first-order valence-corrected chi connectivity index (χ1v) is 4.41. The normalized spacial score (nSPS) is 10.2. The molecule has 78 valence electrons. The Bertz CT molecular complexity index is 283. The molecule has 1 heterocycles. The minimum Gasteiger partial charge on any atom is -0.385 e. The molecule has 1 aromatic heterocycles. The Morgan fingerprint density at radius 2 is 2.29 bits per heavy atom. The lowest BCUT2D eigenvalue weighted by Gasteiger charge is -2.17. The van der Waals surface area contributed by atoms with E-state index in [2.05, 4.69) is 9.97 Å². The number of hydrogen-bond acceptors (Lipinski definition) is 4. The van der Waals surface area contributed by atoms with Gasteiger partial charge >= 0.3 is 0 Å². The fourth-order valence-electron chi connectivity index (χ4n) is 1.09. The molecule has 1 rings (SSSR count). The maximum absolute atomic E-state index is 12.7. The van der Waals surface area contributed by atoms with Crippen molar-refractivity contribution in [3.8, 4) is 0 Å². The van der Waals surface area contributed by atoms with Crippen molar-refractivity contribution in [1.29, 1.82) is 0 Å². The Kier molecular flexibility index (Phi) is 4.25. The van der Waals surface area contributed by atoms with Crippen LogP contribution in [0.4, 0.5) is 10.2 Å². The second kappa shape index (κ2) is 5.49. The number of hydrogen-bond donors (Lipinski definition) is 0. The average molecular weight is 199 g/mol. The first-order valence-electron chi connectivity index (χ1n) is 4.41. The van der Waals surface area contributed by atoms with E-state index in [9.17, 15) is 4.39 Å². The SMILES string of the molecule is COCCCN(C)c1cc(F)ncn1. The summed E-state index contributed by atoms with van der Waals surface area (Å²) >= 11 is 0. The van der Waals surface area contributed by atoms with Crippen LogP contribution in [0.15, 0.2) is 12.4 Å². The minimum atomic E-state index is -0.506.